The first-order valence-corrected chi connectivity index (χ1v) is 7.13. The smallest absolute Gasteiger partial charge is 0.345 e. The molecule has 5 nitrogen and oxygen atoms in total. The lowest BCUT2D eigenvalue weighted by Crippen LogP contribution is -2.21. The van der Waals surface area contributed by atoms with Crippen molar-refractivity contribution in [1.29, 1.82) is 0 Å². The molecule has 0 unspecified atom stereocenters. The van der Waals surface area contributed by atoms with Gasteiger partial charge in [-0.3, -0.25) is 4.79 Å². The summed E-state index contributed by atoms with van der Waals surface area (Å²) in [5.74, 6) is -1.71. The van der Waals surface area contributed by atoms with E-state index in [0.29, 0.717) is 11.1 Å². The average molecular weight is 304 g/mol. The standard InChI is InChI=1S/C17H20O5/c1-4-21-16(19)15(17(20)22-5-2)12(3)11-14(18)13-9-7-6-8-10-13/h6-10H,4-5,11H2,1-3H3. The molecule has 1 rings (SSSR count). The molecule has 0 saturated carbocycles. The van der Waals surface area contributed by atoms with Crippen LogP contribution in [0.4, 0.5) is 0 Å². The van der Waals surface area contributed by atoms with Gasteiger partial charge in [0, 0.05) is 12.0 Å². The highest BCUT2D eigenvalue weighted by Gasteiger charge is 2.25. The van der Waals surface area contributed by atoms with E-state index in [0.717, 1.165) is 0 Å². The van der Waals surface area contributed by atoms with Gasteiger partial charge in [0.05, 0.1) is 13.2 Å². The molecule has 1 aromatic carbocycles. The molecule has 0 bridgehead atoms. The second kappa shape index (κ2) is 8.77. The number of rotatable bonds is 7. The van der Waals surface area contributed by atoms with Gasteiger partial charge in [-0.25, -0.2) is 9.59 Å². The largest absolute Gasteiger partial charge is 0.462 e. The molecule has 0 aromatic heterocycles. The molecule has 22 heavy (non-hydrogen) atoms. The summed E-state index contributed by atoms with van der Waals surface area (Å²) in [6, 6.07) is 8.68. The second-order valence-electron chi connectivity index (χ2n) is 4.56. The Hall–Kier alpha value is -2.43. The maximum absolute atomic E-state index is 12.2. The average Bonchev–Trinajstić information content (AvgIpc) is 2.48. The number of allylic oxidation sites excluding steroid dienone is 1. The Labute approximate surface area is 129 Å². The molecule has 0 heterocycles. The van der Waals surface area contributed by atoms with Crippen molar-refractivity contribution in [3.05, 3.63) is 47.0 Å². The maximum Gasteiger partial charge on any atom is 0.345 e. The third-order valence-corrected chi connectivity index (χ3v) is 2.91. The number of carbonyl (C=O) groups excluding carboxylic acids is 3. The first kappa shape index (κ1) is 17.6. The number of benzene rings is 1. The van der Waals surface area contributed by atoms with E-state index in [2.05, 4.69) is 0 Å². The van der Waals surface area contributed by atoms with Gasteiger partial charge in [-0.1, -0.05) is 30.3 Å². The minimum absolute atomic E-state index is 0.0447. The Balaban J connectivity index is 3.03. The van der Waals surface area contributed by atoms with E-state index in [1.807, 2.05) is 6.07 Å². The molecule has 0 N–H and O–H groups in total. The number of esters is 2. The quantitative estimate of drug-likeness (QED) is 0.255. The number of ketones is 1. The van der Waals surface area contributed by atoms with Crippen LogP contribution < -0.4 is 0 Å². The van der Waals surface area contributed by atoms with Crippen molar-refractivity contribution in [2.45, 2.75) is 27.2 Å². The minimum Gasteiger partial charge on any atom is -0.462 e. The third kappa shape index (κ3) is 4.84. The topological polar surface area (TPSA) is 69.7 Å². The molecule has 118 valence electrons. The van der Waals surface area contributed by atoms with Crippen LogP contribution in [0.5, 0.6) is 0 Å². The summed E-state index contributed by atoms with van der Waals surface area (Å²) in [4.78, 5) is 36.0. The summed E-state index contributed by atoms with van der Waals surface area (Å²) in [6.07, 6.45) is -0.0447. The maximum atomic E-state index is 12.2. The monoisotopic (exact) mass is 304 g/mol. The SMILES string of the molecule is CCOC(=O)C(C(=O)OCC)=C(C)CC(=O)c1ccccc1. The summed E-state index contributed by atoms with van der Waals surface area (Å²) in [5.41, 5.74) is 0.660. The van der Waals surface area contributed by atoms with Gasteiger partial charge in [0.15, 0.2) is 5.78 Å². The van der Waals surface area contributed by atoms with E-state index in [9.17, 15) is 14.4 Å². The molecular formula is C17H20O5. The van der Waals surface area contributed by atoms with E-state index >= 15 is 0 Å². The molecule has 5 heteroatoms. The van der Waals surface area contributed by atoms with Gasteiger partial charge in [0.1, 0.15) is 5.57 Å². The molecule has 0 amide bonds. The van der Waals surface area contributed by atoms with Crippen molar-refractivity contribution in [2.75, 3.05) is 13.2 Å². The van der Waals surface area contributed by atoms with Crippen molar-refractivity contribution in [2.24, 2.45) is 0 Å². The molecular weight excluding hydrogens is 284 g/mol. The molecule has 0 aliphatic heterocycles. The van der Waals surface area contributed by atoms with E-state index in [1.54, 1.807) is 45.0 Å². The number of carbonyl (C=O) groups is 3. The Morgan fingerprint density at radius 2 is 1.41 bits per heavy atom. The lowest BCUT2D eigenvalue weighted by molar-refractivity contribution is -0.146. The van der Waals surface area contributed by atoms with Gasteiger partial charge in [0.2, 0.25) is 0 Å². The zero-order valence-electron chi connectivity index (χ0n) is 13.0. The Morgan fingerprint density at radius 3 is 1.86 bits per heavy atom. The lowest BCUT2D eigenvalue weighted by Gasteiger charge is -2.10. The first-order chi connectivity index (χ1) is 10.5. The van der Waals surface area contributed by atoms with Crippen LogP contribution in [-0.4, -0.2) is 30.9 Å². The van der Waals surface area contributed by atoms with E-state index < -0.39 is 11.9 Å². The summed E-state index contributed by atoms with van der Waals surface area (Å²) in [7, 11) is 0. The van der Waals surface area contributed by atoms with E-state index in [-0.39, 0.29) is 31.0 Å². The Morgan fingerprint density at radius 1 is 0.909 bits per heavy atom. The van der Waals surface area contributed by atoms with Gasteiger partial charge in [-0.2, -0.15) is 0 Å². The zero-order chi connectivity index (χ0) is 16.5. The highest BCUT2D eigenvalue weighted by molar-refractivity contribution is 6.15. The van der Waals surface area contributed by atoms with Gasteiger partial charge in [-0.05, 0) is 26.3 Å². The fourth-order valence-corrected chi connectivity index (χ4v) is 1.89. The molecule has 0 aliphatic carbocycles. The van der Waals surface area contributed by atoms with Crippen LogP contribution in [0.25, 0.3) is 0 Å². The Bertz CT molecular complexity index is 552. The van der Waals surface area contributed by atoms with Gasteiger partial charge >= 0.3 is 11.9 Å². The molecule has 0 atom stereocenters. The van der Waals surface area contributed by atoms with Crippen LogP contribution in [0.15, 0.2) is 41.5 Å². The first-order valence-electron chi connectivity index (χ1n) is 7.13. The fourth-order valence-electron chi connectivity index (χ4n) is 1.89. The van der Waals surface area contributed by atoms with Crippen molar-refractivity contribution in [3.8, 4) is 0 Å². The van der Waals surface area contributed by atoms with Gasteiger partial charge in [-0.15, -0.1) is 0 Å². The second-order valence-corrected chi connectivity index (χ2v) is 4.56. The highest BCUT2D eigenvalue weighted by atomic mass is 16.6. The summed E-state index contributed by atoms with van der Waals surface area (Å²) >= 11 is 0. The lowest BCUT2D eigenvalue weighted by atomic mass is 10.00. The molecule has 1 aromatic rings. The number of Topliss-reactive ketones (excluding diaryl/α,β-unsaturated/α-hetero) is 1. The fraction of sp³-hybridized carbons (Fsp3) is 0.353. The Kier molecular flexibility index (Phi) is 7.02. The summed E-state index contributed by atoms with van der Waals surface area (Å²) in [6.45, 7) is 5.13. The zero-order valence-corrected chi connectivity index (χ0v) is 13.0. The van der Waals surface area contributed by atoms with Crippen molar-refractivity contribution in [3.63, 3.8) is 0 Å². The highest BCUT2D eigenvalue weighted by Crippen LogP contribution is 2.16. The predicted molar refractivity (Wildman–Crippen MR) is 81.4 cm³/mol. The van der Waals surface area contributed by atoms with Crippen molar-refractivity contribution in [1.82, 2.24) is 0 Å². The predicted octanol–water partition coefficient (Wildman–Crippen LogP) is 2.70. The number of ether oxygens (including phenoxy) is 2. The number of hydrogen-bond acceptors (Lipinski definition) is 5. The van der Waals surface area contributed by atoms with Crippen molar-refractivity contribution >= 4 is 17.7 Å². The third-order valence-electron chi connectivity index (χ3n) is 2.91. The van der Waals surface area contributed by atoms with Crippen LogP contribution in [0.3, 0.4) is 0 Å². The minimum atomic E-state index is -0.765. The van der Waals surface area contributed by atoms with Crippen LogP contribution >= 0.6 is 0 Å². The van der Waals surface area contributed by atoms with E-state index in [4.69, 9.17) is 9.47 Å². The molecule has 0 fully saturated rings. The van der Waals surface area contributed by atoms with E-state index in [1.165, 1.54) is 0 Å². The molecule has 0 spiro atoms. The van der Waals surface area contributed by atoms with Crippen LogP contribution in [0.2, 0.25) is 0 Å². The number of hydrogen-bond donors (Lipinski definition) is 0. The molecule has 0 saturated heterocycles. The van der Waals surface area contributed by atoms with Gasteiger partial charge in [0.25, 0.3) is 0 Å². The summed E-state index contributed by atoms with van der Waals surface area (Å²) < 4.78 is 9.74. The van der Waals surface area contributed by atoms with Crippen LogP contribution in [-0.2, 0) is 19.1 Å². The molecule has 0 radical (unpaired) electrons. The molecule has 0 aliphatic rings. The van der Waals surface area contributed by atoms with Crippen LogP contribution in [0.1, 0.15) is 37.6 Å². The van der Waals surface area contributed by atoms with Gasteiger partial charge < -0.3 is 9.47 Å². The van der Waals surface area contributed by atoms with Crippen LogP contribution in [0, 0.1) is 0 Å². The normalized spacial score (nSPS) is 9.77. The van der Waals surface area contributed by atoms with Crippen molar-refractivity contribution < 1.29 is 23.9 Å². The summed E-state index contributed by atoms with van der Waals surface area (Å²) in [5, 5.41) is 0.